The van der Waals surface area contributed by atoms with E-state index in [2.05, 4.69) is 4.90 Å². The van der Waals surface area contributed by atoms with Crippen molar-refractivity contribution in [2.24, 2.45) is 0 Å². The Kier molecular flexibility index (Phi) is 6.83. The lowest BCUT2D eigenvalue weighted by Gasteiger charge is -2.16. The highest BCUT2D eigenvalue weighted by atomic mass is 16.5. The predicted octanol–water partition coefficient (Wildman–Crippen LogP) is 3.19. The van der Waals surface area contributed by atoms with E-state index in [-0.39, 0.29) is 24.0 Å². The van der Waals surface area contributed by atoms with Crippen molar-refractivity contribution >= 4 is 5.78 Å². The molecule has 0 saturated carbocycles. The first-order valence-electron chi connectivity index (χ1n) is 10.9. The van der Waals surface area contributed by atoms with Crippen molar-refractivity contribution < 1.29 is 14.6 Å². The molecule has 1 saturated heterocycles. The van der Waals surface area contributed by atoms with Crippen LogP contribution in [0.2, 0.25) is 0 Å². The fourth-order valence-electron chi connectivity index (χ4n) is 4.04. The quantitative estimate of drug-likeness (QED) is 0.554. The molecule has 0 bridgehead atoms. The van der Waals surface area contributed by atoms with Crippen LogP contribution in [-0.2, 0) is 19.7 Å². The molecule has 1 atom stereocenters. The van der Waals surface area contributed by atoms with Crippen LogP contribution in [-0.4, -0.2) is 39.6 Å². The van der Waals surface area contributed by atoms with Crippen LogP contribution in [0.25, 0.3) is 0 Å². The first-order valence-corrected chi connectivity index (χ1v) is 10.9. The number of pyridine rings is 1. The molecule has 0 spiro atoms. The highest BCUT2D eigenvalue weighted by Gasteiger charge is 2.20. The van der Waals surface area contributed by atoms with Crippen LogP contribution in [0.5, 0.6) is 5.75 Å². The number of aliphatic hydroxyl groups is 1. The number of nitrogens with zero attached hydrogens (tertiary/aromatic N) is 2. The summed E-state index contributed by atoms with van der Waals surface area (Å²) in [5, 5.41) is 9.69. The van der Waals surface area contributed by atoms with E-state index in [4.69, 9.17) is 4.74 Å². The molecule has 32 heavy (non-hydrogen) atoms. The molecule has 2 aromatic carbocycles. The number of carbonyl (C=O) groups is 1. The zero-order valence-corrected chi connectivity index (χ0v) is 18.2. The van der Waals surface area contributed by atoms with Gasteiger partial charge < -0.3 is 14.4 Å². The zero-order valence-electron chi connectivity index (χ0n) is 18.2. The molecule has 1 aliphatic rings. The van der Waals surface area contributed by atoms with Gasteiger partial charge in [-0.2, -0.15) is 0 Å². The highest BCUT2D eigenvalue weighted by Crippen LogP contribution is 2.18. The minimum absolute atomic E-state index is 0.0176. The van der Waals surface area contributed by atoms with Crippen LogP contribution in [0.3, 0.4) is 0 Å². The van der Waals surface area contributed by atoms with Gasteiger partial charge in [0.15, 0.2) is 5.78 Å². The Morgan fingerprint density at radius 1 is 1.09 bits per heavy atom. The lowest BCUT2D eigenvalue weighted by atomic mass is 10.0. The van der Waals surface area contributed by atoms with Gasteiger partial charge >= 0.3 is 0 Å². The molecule has 2 heterocycles. The molecule has 0 radical (unpaired) electrons. The van der Waals surface area contributed by atoms with E-state index >= 15 is 0 Å². The van der Waals surface area contributed by atoms with E-state index in [9.17, 15) is 14.7 Å². The Morgan fingerprint density at radius 3 is 2.59 bits per heavy atom. The zero-order chi connectivity index (χ0) is 22.5. The van der Waals surface area contributed by atoms with Gasteiger partial charge in [0.1, 0.15) is 12.4 Å². The number of aliphatic hydroxyl groups excluding tert-OH is 1. The average molecular weight is 433 g/mol. The molecule has 0 amide bonds. The summed E-state index contributed by atoms with van der Waals surface area (Å²) < 4.78 is 7.09. The molecule has 0 unspecified atom stereocenters. The Morgan fingerprint density at radius 2 is 1.91 bits per heavy atom. The van der Waals surface area contributed by atoms with Gasteiger partial charge in [0.05, 0.1) is 12.6 Å². The lowest BCUT2D eigenvalue weighted by molar-refractivity contribution is 0.0970. The summed E-state index contributed by atoms with van der Waals surface area (Å²) in [6.45, 7) is 4.61. The van der Waals surface area contributed by atoms with E-state index in [1.165, 1.54) is 10.6 Å². The summed E-state index contributed by atoms with van der Waals surface area (Å²) in [7, 11) is 0. The van der Waals surface area contributed by atoms with Crippen molar-refractivity contribution in [1.29, 1.82) is 0 Å². The number of carbonyl (C=O) groups excluding carboxylic acids is 1. The normalized spacial score (nSPS) is 16.2. The summed E-state index contributed by atoms with van der Waals surface area (Å²) in [6.07, 6.45) is 2.16. The molecule has 6 nitrogen and oxygen atoms in total. The molecule has 1 N–H and O–H groups in total. The summed E-state index contributed by atoms with van der Waals surface area (Å²) >= 11 is 0. The van der Waals surface area contributed by atoms with Gasteiger partial charge in [0.25, 0.3) is 5.56 Å². The van der Waals surface area contributed by atoms with E-state index in [0.717, 1.165) is 36.2 Å². The Hall–Kier alpha value is -3.22. The summed E-state index contributed by atoms with van der Waals surface area (Å²) in [4.78, 5) is 27.5. The van der Waals surface area contributed by atoms with Crippen molar-refractivity contribution in [2.45, 2.75) is 39.1 Å². The lowest BCUT2D eigenvalue weighted by Crippen LogP contribution is -2.24. The maximum Gasteiger partial charge on any atom is 0.254 e. The number of likely N-dealkylation sites (tertiary alicyclic amines) is 1. The fourth-order valence-corrected chi connectivity index (χ4v) is 4.04. The summed E-state index contributed by atoms with van der Waals surface area (Å²) in [5.41, 5.74) is 3.37. The molecule has 4 rings (SSSR count). The summed E-state index contributed by atoms with van der Waals surface area (Å²) in [6, 6.07) is 18.7. The number of aromatic nitrogens is 1. The average Bonchev–Trinajstić information content (AvgIpc) is 3.19. The van der Waals surface area contributed by atoms with Crippen LogP contribution in [0, 0.1) is 6.92 Å². The van der Waals surface area contributed by atoms with Crippen LogP contribution in [0.1, 0.15) is 33.5 Å². The van der Waals surface area contributed by atoms with Gasteiger partial charge in [0.2, 0.25) is 0 Å². The number of benzene rings is 2. The molecular weight excluding hydrogens is 404 g/mol. The standard InChI is InChI=1S/C26H28N2O4/c1-19-13-21(15-27-11-9-22(29)16-27)7-8-24(19)25(30)17-28-12-10-23(14-26(28)31)32-18-20-5-3-2-4-6-20/h2-8,10,12-14,22,29H,9,11,15-18H2,1H3/t22-/m0/s1. The fraction of sp³-hybridized carbons (Fsp3) is 0.308. The number of aryl methyl sites for hydroxylation is 1. The first kappa shape index (κ1) is 22.0. The van der Waals surface area contributed by atoms with Crippen molar-refractivity contribution in [3.05, 3.63) is 99.5 Å². The number of hydrogen-bond acceptors (Lipinski definition) is 5. The minimum Gasteiger partial charge on any atom is -0.489 e. The maximum atomic E-state index is 12.8. The van der Waals surface area contributed by atoms with Crippen molar-refractivity contribution in [3.8, 4) is 5.75 Å². The SMILES string of the molecule is Cc1cc(CN2CC[C@H](O)C2)ccc1C(=O)Cn1ccc(OCc2ccccc2)cc1=O. The number of rotatable bonds is 8. The van der Waals surface area contributed by atoms with Crippen LogP contribution in [0.15, 0.2) is 71.7 Å². The van der Waals surface area contributed by atoms with Gasteiger partial charge in [0, 0.05) is 37.5 Å². The van der Waals surface area contributed by atoms with E-state index in [1.807, 2.05) is 55.5 Å². The second-order valence-corrected chi connectivity index (χ2v) is 8.35. The first-order chi connectivity index (χ1) is 15.5. The van der Waals surface area contributed by atoms with Gasteiger partial charge in [-0.25, -0.2) is 0 Å². The van der Waals surface area contributed by atoms with Gasteiger partial charge in [-0.3, -0.25) is 14.5 Å². The number of ketones is 1. The summed E-state index contributed by atoms with van der Waals surface area (Å²) in [5.74, 6) is 0.376. The van der Waals surface area contributed by atoms with Gasteiger partial charge in [-0.15, -0.1) is 0 Å². The van der Waals surface area contributed by atoms with E-state index in [1.54, 1.807) is 12.3 Å². The molecule has 1 aromatic heterocycles. The molecule has 1 fully saturated rings. The smallest absolute Gasteiger partial charge is 0.254 e. The molecule has 6 heteroatoms. The van der Waals surface area contributed by atoms with Crippen molar-refractivity contribution in [3.63, 3.8) is 0 Å². The number of ether oxygens (including phenoxy) is 1. The Balaban J connectivity index is 1.38. The molecular formula is C26H28N2O4. The molecule has 0 aliphatic carbocycles. The van der Waals surface area contributed by atoms with E-state index < -0.39 is 0 Å². The molecule has 3 aromatic rings. The van der Waals surface area contributed by atoms with Gasteiger partial charge in [-0.1, -0.05) is 48.5 Å². The monoisotopic (exact) mass is 432 g/mol. The maximum absolute atomic E-state index is 12.8. The van der Waals surface area contributed by atoms with Crippen LogP contribution in [0.4, 0.5) is 0 Å². The number of Topliss-reactive ketones (excluding diaryl/α,β-unsaturated/α-hetero) is 1. The molecule has 166 valence electrons. The van der Waals surface area contributed by atoms with Crippen molar-refractivity contribution in [1.82, 2.24) is 9.47 Å². The van der Waals surface area contributed by atoms with Crippen LogP contribution >= 0.6 is 0 Å². The third-order valence-electron chi connectivity index (χ3n) is 5.77. The third-order valence-corrected chi connectivity index (χ3v) is 5.77. The van der Waals surface area contributed by atoms with Crippen LogP contribution < -0.4 is 10.3 Å². The van der Waals surface area contributed by atoms with Gasteiger partial charge in [-0.05, 0) is 36.1 Å². The highest BCUT2D eigenvalue weighted by molar-refractivity contribution is 5.97. The third kappa shape index (κ3) is 5.52. The molecule has 1 aliphatic heterocycles. The Bertz CT molecular complexity index is 1140. The largest absolute Gasteiger partial charge is 0.489 e. The predicted molar refractivity (Wildman–Crippen MR) is 123 cm³/mol. The minimum atomic E-state index is -0.272. The number of hydrogen-bond donors (Lipinski definition) is 1. The second-order valence-electron chi connectivity index (χ2n) is 8.35. The topological polar surface area (TPSA) is 71.8 Å². The van der Waals surface area contributed by atoms with Crippen molar-refractivity contribution in [2.75, 3.05) is 13.1 Å². The second kappa shape index (κ2) is 9.94. The Labute approximate surface area is 187 Å². The number of β-amino-alcohol motifs (C(OH)–C–C–N with tert-alkyl or cyclic N) is 1. The van der Waals surface area contributed by atoms with E-state index in [0.29, 0.717) is 24.5 Å².